The molecule has 0 fully saturated rings. The van der Waals surface area contributed by atoms with Gasteiger partial charge in [0.25, 0.3) is 0 Å². The van der Waals surface area contributed by atoms with E-state index >= 15 is 0 Å². The summed E-state index contributed by atoms with van der Waals surface area (Å²) in [6, 6.07) is 0. The van der Waals surface area contributed by atoms with Crippen LogP contribution in [-0.2, 0) is 4.79 Å². The Bertz CT molecular complexity index is 71.3. The van der Waals surface area contributed by atoms with Crippen molar-refractivity contribution >= 4 is 6.29 Å². The summed E-state index contributed by atoms with van der Waals surface area (Å²) in [4.78, 5) is 9.85. The molecule has 2 nitrogen and oxygen atoms in total. The molecule has 9 heavy (non-hydrogen) atoms. The van der Waals surface area contributed by atoms with Gasteiger partial charge in [0, 0.05) is 0 Å². The van der Waals surface area contributed by atoms with Crippen LogP contribution in [0.25, 0.3) is 0 Å². The lowest BCUT2D eigenvalue weighted by atomic mass is 10.1. The first kappa shape index (κ1) is 8.63. The van der Waals surface area contributed by atoms with Gasteiger partial charge in [-0.2, -0.15) is 0 Å². The van der Waals surface area contributed by atoms with E-state index in [4.69, 9.17) is 5.11 Å². The standard InChI is InChI=1S/C7H14O2/c1-2-3-4-5-7(9)6-8/h6-7,9H,2-5H2,1H3. The summed E-state index contributed by atoms with van der Waals surface area (Å²) >= 11 is 0. The smallest absolute Gasteiger partial charge is 0.148 e. The lowest BCUT2D eigenvalue weighted by molar-refractivity contribution is -0.115. The van der Waals surface area contributed by atoms with Crippen molar-refractivity contribution in [1.29, 1.82) is 0 Å². The average molecular weight is 130 g/mol. The van der Waals surface area contributed by atoms with Gasteiger partial charge in [0.15, 0.2) is 0 Å². The summed E-state index contributed by atoms with van der Waals surface area (Å²) in [7, 11) is 0. The molecule has 0 bridgehead atoms. The minimum atomic E-state index is -0.725. The molecule has 0 aromatic carbocycles. The van der Waals surface area contributed by atoms with Gasteiger partial charge in [-0.15, -0.1) is 0 Å². The van der Waals surface area contributed by atoms with E-state index < -0.39 is 6.10 Å². The fourth-order valence-electron chi connectivity index (χ4n) is 0.672. The lowest BCUT2D eigenvalue weighted by Gasteiger charge is -1.99. The van der Waals surface area contributed by atoms with Gasteiger partial charge in [0.1, 0.15) is 12.4 Å². The monoisotopic (exact) mass is 130 g/mol. The number of hydrogen-bond acceptors (Lipinski definition) is 2. The van der Waals surface area contributed by atoms with Crippen molar-refractivity contribution in [3.05, 3.63) is 0 Å². The Kier molecular flexibility index (Phi) is 5.52. The fourth-order valence-corrected chi connectivity index (χ4v) is 0.672. The summed E-state index contributed by atoms with van der Waals surface area (Å²) in [6.45, 7) is 2.09. The van der Waals surface area contributed by atoms with Gasteiger partial charge in [-0.1, -0.05) is 26.2 Å². The third-order valence-electron chi connectivity index (χ3n) is 1.26. The number of rotatable bonds is 5. The first-order chi connectivity index (χ1) is 4.31. The highest BCUT2D eigenvalue weighted by molar-refractivity contribution is 5.55. The van der Waals surface area contributed by atoms with E-state index in [-0.39, 0.29) is 0 Å². The Labute approximate surface area is 55.9 Å². The summed E-state index contributed by atoms with van der Waals surface area (Å²) in [6.07, 6.45) is 3.68. The molecule has 1 N–H and O–H groups in total. The van der Waals surface area contributed by atoms with Gasteiger partial charge < -0.3 is 9.90 Å². The van der Waals surface area contributed by atoms with Crippen molar-refractivity contribution in [1.82, 2.24) is 0 Å². The van der Waals surface area contributed by atoms with E-state index in [0.717, 1.165) is 19.3 Å². The van der Waals surface area contributed by atoms with Crippen LogP contribution in [0, 0.1) is 0 Å². The highest BCUT2D eigenvalue weighted by atomic mass is 16.3. The molecule has 0 heterocycles. The van der Waals surface area contributed by atoms with E-state index in [1.807, 2.05) is 0 Å². The predicted molar refractivity (Wildman–Crippen MR) is 36.2 cm³/mol. The Hall–Kier alpha value is -0.370. The molecule has 0 aliphatic carbocycles. The zero-order valence-corrected chi connectivity index (χ0v) is 5.84. The van der Waals surface area contributed by atoms with Crippen molar-refractivity contribution < 1.29 is 9.90 Å². The highest BCUT2D eigenvalue weighted by Crippen LogP contribution is 2.00. The van der Waals surface area contributed by atoms with Gasteiger partial charge >= 0.3 is 0 Å². The molecule has 2 heteroatoms. The third-order valence-corrected chi connectivity index (χ3v) is 1.26. The Balaban J connectivity index is 2.96. The van der Waals surface area contributed by atoms with Crippen LogP contribution in [0.5, 0.6) is 0 Å². The molecule has 0 rings (SSSR count). The molecule has 0 aliphatic heterocycles. The number of hydrogen-bond donors (Lipinski definition) is 1. The van der Waals surface area contributed by atoms with E-state index in [1.54, 1.807) is 0 Å². The Morgan fingerprint density at radius 2 is 2.22 bits per heavy atom. The predicted octanol–water partition coefficient (Wildman–Crippen LogP) is 1.13. The van der Waals surface area contributed by atoms with Gasteiger partial charge in [0.05, 0.1) is 0 Å². The topological polar surface area (TPSA) is 37.3 Å². The zero-order valence-electron chi connectivity index (χ0n) is 5.84. The number of unbranched alkanes of at least 4 members (excludes halogenated alkanes) is 2. The molecule has 0 saturated heterocycles. The van der Waals surface area contributed by atoms with Crippen LogP contribution in [0.15, 0.2) is 0 Å². The van der Waals surface area contributed by atoms with Crippen LogP contribution >= 0.6 is 0 Å². The summed E-state index contributed by atoms with van der Waals surface area (Å²) in [5.41, 5.74) is 0. The van der Waals surface area contributed by atoms with E-state index in [9.17, 15) is 4.79 Å². The van der Waals surface area contributed by atoms with Crippen LogP contribution in [0.3, 0.4) is 0 Å². The third kappa shape index (κ3) is 5.50. The lowest BCUT2D eigenvalue weighted by Crippen LogP contribution is -2.06. The number of carbonyl (C=O) groups is 1. The molecule has 1 atom stereocenters. The van der Waals surface area contributed by atoms with E-state index in [2.05, 4.69) is 6.92 Å². The molecule has 0 radical (unpaired) electrons. The second-order valence-electron chi connectivity index (χ2n) is 2.20. The number of aldehydes is 1. The second-order valence-corrected chi connectivity index (χ2v) is 2.20. The quantitative estimate of drug-likeness (QED) is 0.447. The molecule has 0 spiro atoms. The molecule has 0 amide bonds. The van der Waals surface area contributed by atoms with Gasteiger partial charge in [-0.3, -0.25) is 0 Å². The minimum Gasteiger partial charge on any atom is -0.386 e. The van der Waals surface area contributed by atoms with E-state index in [1.165, 1.54) is 0 Å². The maximum atomic E-state index is 9.85. The molecule has 0 aromatic heterocycles. The maximum Gasteiger partial charge on any atom is 0.148 e. The first-order valence-electron chi connectivity index (χ1n) is 3.44. The van der Waals surface area contributed by atoms with Crippen molar-refractivity contribution in [3.63, 3.8) is 0 Å². The molecular weight excluding hydrogens is 116 g/mol. The van der Waals surface area contributed by atoms with Crippen molar-refractivity contribution in [2.75, 3.05) is 0 Å². The van der Waals surface area contributed by atoms with Crippen molar-refractivity contribution in [2.45, 2.75) is 38.7 Å². The second kappa shape index (κ2) is 5.76. The van der Waals surface area contributed by atoms with Crippen LogP contribution in [0.2, 0.25) is 0 Å². The largest absolute Gasteiger partial charge is 0.386 e. The van der Waals surface area contributed by atoms with Crippen LogP contribution < -0.4 is 0 Å². The van der Waals surface area contributed by atoms with E-state index in [0.29, 0.717) is 12.7 Å². The molecule has 54 valence electrons. The number of aliphatic hydroxyl groups is 1. The number of aliphatic hydroxyl groups excluding tert-OH is 1. The van der Waals surface area contributed by atoms with Crippen molar-refractivity contribution in [3.8, 4) is 0 Å². The fraction of sp³-hybridized carbons (Fsp3) is 0.857. The van der Waals surface area contributed by atoms with Gasteiger partial charge in [-0.05, 0) is 6.42 Å². The molecule has 0 saturated carbocycles. The molecule has 0 aromatic rings. The number of carbonyl (C=O) groups excluding carboxylic acids is 1. The van der Waals surface area contributed by atoms with Gasteiger partial charge in [-0.25, -0.2) is 0 Å². The Morgan fingerprint density at radius 3 is 2.67 bits per heavy atom. The normalized spacial score (nSPS) is 13.1. The maximum absolute atomic E-state index is 9.85. The Morgan fingerprint density at radius 1 is 1.56 bits per heavy atom. The molecular formula is C7H14O2. The molecule has 0 aliphatic rings. The summed E-state index contributed by atoms with van der Waals surface area (Å²) in [5.74, 6) is 0. The minimum absolute atomic E-state index is 0.593. The van der Waals surface area contributed by atoms with Gasteiger partial charge in [0.2, 0.25) is 0 Å². The SMILES string of the molecule is CCCCCC(O)C=O. The first-order valence-corrected chi connectivity index (χ1v) is 3.44. The zero-order chi connectivity index (χ0) is 7.11. The van der Waals surface area contributed by atoms with Crippen LogP contribution in [0.1, 0.15) is 32.6 Å². The summed E-state index contributed by atoms with van der Waals surface area (Å²) < 4.78 is 0. The average Bonchev–Trinajstić information content (AvgIpc) is 1.89. The highest BCUT2D eigenvalue weighted by Gasteiger charge is 1.98. The summed E-state index contributed by atoms with van der Waals surface area (Å²) in [5, 5.41) is 8.72. The van der Waals surface area contributed by atoms with Crippen LogP contribution in [0.4, 0.5) is 0 Å². The van der Waals surface area contributed by atoms with Crippen molar-refractivity contribution in [2.24, 2.45) is 0 Å². The molecule has 1 unspecified atom stereocenters. The van der Waals surface area contributed by atoms with Crippen LogP contribution in [-0.4, -0.2) is 17.5 Å².